The summed E-state index contributed by atoms with van der Waals surface area (Å²) in [5, 5.41) is 2.61. The Bertz CT molecular complexity index is 933. The van der Waals surface area contributed by atoms with E-state index in [1.54, 1.807) is 36.4 Å². The van der Waals surface area contributed by atoms with Crippen LogP contribution < -0.4 is 5.32 Å². The number of imide groups is 1. The van der Waals surface area contributed by atoms with Crippen LogP contribution in [-0.4, -0.2) is 34.9 Å². The third-order valence-corrected chi connectivity index (χ3v) is 5.08. The molecule has 0 radical (unpaired) electrons. The molecule has 1 N–H and O–H groups in total. The third-order valence-electron chi connectivity index (χ3n) is 4.29. The molecule has 3 rings (SSSR count). The molecule has 0 aliphatic carbocycles. The van der Waals surface area contributed by atoms with Gasteiger partial charge in [-0.15, -0.1) is 0 Å². The minimum atomic E-state index is -2.59. The topological polar surface area (TPSA) is 66.5 Å². The lowest BCUT2D eigenvalue weighted by molar-refractivity contribution is -0.116. The number of amides is 3. The lowest BCUT2D eigenvalue weighted by atomic mass is 10.1. The zero-order valence-corrected chi connectivity index (χ0v) is 15.9. The molecule has 1 heterocycles. The molecule has 28 heavy (non-hydrogen) atoms. The van der Waals surface area contributed by atoms with Gasteiger partial charge in [0, 0.05) is 17.9 Å². The van der Waals surface area contributed by atoms with Gasteiger partial charge in [0.1, 0.15) is 0 Å². The number of fused-ring (bicyclic) bond motifs is 1. The van der Waals surface area contributed by atoms with Gasteiger partial charge in [-0.2, -0.15) is 8.78 Å². The lowest BCUT2D eigenvalue weighted by Crippen LogP contribution is -2.31. The van der Waals surface area contributed by atoms with Crippen molar-refractivity contribution in [2.45, 2.75) is 30.4 Å². The second-order valence-corrected chi connectivity index (χ2v) is 7.37. The number of nitrogens with zero attached hydrogens (tertiary/aromatic N) is 1. The molecule has 0 bridgehead atoms. The predicted octanol–water partition coefficient (Wildman–Crippen LogP) is 4.32. The summed E-state index contributed by atoms with van der Waals surface area (Å²) in [7, 11) is 0. The van der Waals surface area contributed by atoms with Gasteiger partial charge in [0.15, 0.2) is 0 Å². The predicted molar refractivity (Wildman–Crippen MR) is 103 cm³/mol. The standard InChI is InChI=1S/C20H18F2N2O3S/c1-12-8-9-13-14(11-12)19(27)24(18(13)26)10-4-7-17(25)23-15-5-2-3-6-16(15)28-20(21)22/h2-3,5-6,8-9,11,20H,4,7,10H2,1H3,(H,23,25). The number of anilines is 1. The summed E-state index contributed by atoms with van der Waals surface area (Å²) in [5.41, 5.74) is 1.96. The van der Waals surface area contributed by atoms with Gasteiger partial charge in [-0.25, -0.2) is 0 Å². The van der Waals surface area contributed by atoms with Crippen LogP contribution in [0.2, 0.25) is 0 Å². The zero-order valence-electron chi connectivity index (χ0n) is 15.1. The van der Waals surface area contributed by atoms with E-state index >= 15 is 0 Å². The molecule has 0 aromatic heterocycles. The van der Waals surface area contributed by atoms with Gasteiger partial charge in [0.25, 0.3) is 17.6 Å². The first-order valence-corrected chi connectivity index (χ1v) is 9.55. The molecular weight excluding hydrogens is 386 g/mol. The third kappa shape index (κ3) is 4.39. The molecule has 1 aliphatic heterocycles. The lowest BCUT2D eigenvalue weighted by Gasteiger charge is -2.14. The molecule has 0 unspecified atom stereocenters. The van der Waals surface area contributed by atoms with Gasteiger partial charge in [-0.3, -0.25) is 19.3 Å². The fourth-order valence-electron chi connectivity index (χ4n) is 2.99. The highest BCUT2D eigenvalue weighted by Crippen LogP contribution is 2.31. The normalized spacial score (nSPS) is 13.2. The first kappa shape index (κ1) is 20.0. The van der Waals surface area contributed by atoms with Gasteiger partial charge in [0.2, 0.25) is 5.91 Å². The molecule has 2 aromatic rings. The van der Waals surface area contributed by atoms with Gasteiger partial charge >= 0.3 is 0 Å². The highest BCUT2D eigenvalue weighted by molar-refractivity contribution is 7.99. The largest absolute Gasteiger partial charge is 0.325 e. The van der Waals surface area contributed by atoms with Crippen LogP contribution >= 0.6 is 11.8 Å². The Kier molecular flexibility index (Phi) is 6.08. The van der Waals surface area contributed by atoms with E-state index in [0.717, 1.165) is 10.5 Å². The average molecular weight is 404 g/mol. The summed E-state index contributed by atoms with van der Waals surface area (Å²) >= 11 is 0.360. The van der Waals surface area contributed by atoms with Crippen LogP contribution in [0.4, 0.5) is 14.5 Å². The molecule has 8 heteroatoms. The fourth-order valence-corrected chi connectivity index (χ4v) is 3.58. The van der Waals surface area contributed by atoms with E-state index in [1.807, 2.05) is 6.92 Å². The number of para-hydroxylation sites is 1. The van der Waals surface area contributed by atoms with E-state index in [-0.39, 0.29) is 42.0 Å². The van der Waals surface area contributed by atoms with E-state index in [0.29, 0.717) is 28.6 Å². The molecule has 0 atom stereocenters. The van der Waals surface area contributed by atoms with Crippen molar-refractivity contribution in [1.29, 1.82) is 0 Å². The number of halogens is 2. The van der Waals surface area contributed by atoms with Crippen LogP contribution in [0.15, 0.2) is 47.4 Å². The van der Waals surface area contributed by atoms with Crippen molar-refractivity contribution in [2.24, 2.45) is 0 Å². The number of carbonyl (C=O) groups excluding carboxylic acids is 3. The number of nitrogens with one attached hydrogen (secondary N) is 1. The first-order chi connectivity index (χ1) is 13.4. The molecular formula is C20H18F2N2O3S. The molecule has 3 amide bonds. The number of aryl methyl sites for hydroxylation is 1. The summed E-state index contributed by atoms with van der Waals surface area (Å²) < 4.78 is 25.2. The number of carbonyl (C=O) groups is 3. The van der Waals surface area contributed by atoms with Crippen LogP contribution in [0.5, 0.6) is 0 Å². The number of hydrogen-bond acceptors (Lipinski definition) is 4. The number of thioether (sulfide) groups is 1. The van der Waals surface area contributed by atoms with E-state index < -0.39 is 5.76 Å². The number of rotatable bonds is 7. The Morgan fingerprint density at radius 3 is 2.57 bits per heavy atom. The molecule has 5 nitrogen and oxygen atoms in total. The molecule has 0 fully saturated rings. The van der Waals surface area contributed by atoms with E-state index in [1.165, 1.54) is 6.07 Å². The molecule has 0 saturated heterocycles. The van der Waals surface area contributed by atoms with Crippen molar-refractivity contribution in [2.75, 3.05) is 11.9 Å². The molecule has 0 spiro atoms. The van der Waals surface area contributed by atoms with Gasteiger partial charge in [-0.1, -0.05) is 35.5 Å². The number of benzene rings is 2. The summed E-state index contributed by atoms with van der Waals surface area (Å²) in [5.74, 6) is -3.67. The highest BCUT2D eigenvalue weighted by Gasteiger charge is 2.34. The van der Waals surface area contributed by atoms with E-state index in [4.69, 9.17) is 0 Å². The fraction of sp³-hybridized carbons (Fsp3) is 0.250. The van der Waals surface area contributed by atoms with Gasteiger partial charge in [0.05, 0.1) is 16.8 Å². The second kappa shape index (κ2) is 8.52. The molecule has 2 aromatic carbocycles. The van der Waals surface area contributed by atoms with Crippen molar-refractivity contribution in [1.82, 2.24) is 4.90 Å². The molecule has 0 saturated carbocycles. The second-order valence-electron chi connectivity index (χ2n) is 6.34. The Labute approximate surface area is 165 Å². The summed E-state index contributed by atoms with van der Waals surface area (Å²) in [6.45, 7) is 1.96. The maximum atomic E-state index is 12.6. The Hall–Kier alpha value is -2.74. The van der Waals surface area contributed by atoms with E-state index in [2.05, 4.69) is 5.32 Å². The maximum Gasteiger partial charge on any atom is 0.288 e. The Morgan fingerprint density at radius 2 is 1.82 bits per heavy atom. The minimum absolute atomic E-state index is 0.0557. The van der Waals surface area contributed by atoms with E-state index in [9.17, 15) is 23.2 Å². The first-order valence-electron chi connectivity index (χ1n) is 8.67. The summed E-state index contributed by atoms with van der Waals surface area (Å²) in [6, 6.07) is 11.4. The smallest absolute Gasteiger partial charge is 0.288 e. The van der Waals surface area contributed by atoms with Crippen molar-refractivity contribution in [3.63, 3.8) is 0 Å². The minimum Gasteiger partial charge on any atom is -0.325 e. The van der Waals surface area contributed by atoms with Crippen molar-refractivity contribution < 1.29 is 23.2 Å². The van der Waals surface area contributed by atoms with Crippen LogP contribution in [0, 0.1) is 6.92 Å². The molecule has 146 valence electrons. The van der Waals surface area contributed by atoms with Crippen molar-refractivity contribution in [3.8, 4) is 0 Å². The highest BCUT2D eigenvalue weighted by atomic mass is 32.2. The van der Waals surface area contributed by atoms with Crippen molar-refractivity contribution in [3.05, 3.63) is 59.2 Å². The quantitative estimate of drug-likeness (QED) is 0.551. The van der Waals surface area contributed by atoms with Gasteiger partial charge < -0.3 is 5.32 Å². The molecule has 1 aliphatic rings. The number of hydrogen-bond donors (Lipinski definition) is 1. The van der Waals surface area contributed by atoms with Crippen LogP contribution in [-0.2, 0) is 4.79 Å². The maximum absolute atomic E-state index is 12.6. The zero-order chi connectivity index (χ0) is 20.3. The van der Waals surface area contributed by atoms with Crippen LogP contribution in [0.3, 0.4) is 0 Å². The van der Waals surface area contributed by atoms with Gasteiger partial charge in [-0.05, 0) is 37.6 Å². The van der Waals surface area contributed by atoms with Crippen LogP contribution in [0.1, 0.15) is 39.1 Å². The Morgan fingerprint density at radius 1 is 1.11 bits per heavy atom. The SMILES string of the molecule is Cc1ccc2c(c1)C(=O)N(CCCC(=O)Nc1ccccc1SC(F)F)C2=O. The number of alkyl halides is 2. The average Bonchev–Trinajstić information content (AvgIpc) is 2.87. The summed E-state index contributed by atoms with van der Waals surface area (Å²) in [6.07, 6.45) is 0.334. The van der Waals surface area contributed by atoms with Crippen LogP contribution in [0.25, 0.3) is 0 Å². The monoisotopic (exact) mass is 404 g/mol. The van der Waals surface area contributed by atoms with Crippen molar-refractivity contribution >= 4 is 35.2 Å². The Balaban J connectivity index is 1.56. The summed E-state index contributed by atoms with van der Waals surface area (Å²) in [4.78, 5) is 38.3.